The molecule has 0 saturated heterocycles. The highest BCUT2D eigenvalue weighted by molar-refractivity contribution is 5.81. The van der Waals surface area contributed by atoms with Gasteiger partial charge in [-0.25, -0.2) is 4.98 Å². The molecule has 3 aromatic rings. The van der Waals surface area contributed by atoms with Crippen molar-refractivity contribution in [1.29, 1.82) is 0 Å². The third-order valence-electron chi connectivity index (χ3n) is 5.43. The van der Waals surface area contributed by atoms with E-state index in [0.29, 0.717) is 0 Å². The summed E-state index contributed by atoms with van der Waals surface area (Å²) in [6.07, 6.45) is 7.79. The molecule has 2 heterocycles. The first kappa shape index (κ1) is 21.4. The van der Waals surface area contributed by atoms with Crippen LogP contribution in [0.4, 0.5) is 5.82 Å². The lowest BCUT2D eigenvalue weighted by Crippen LogP contribution is -2.17. The summed E-state index contributed by atoms with van der Waals surface area (Å²) in [5.41, 5.74) is 5.31. The molecule has 3 rings (SSSR count). The quantitative estimate of drug-likeness (QED) is 0.408. The van der Waals surface area contributed by atoms with Crippen molar-refractivity contribution in [2.75, 3.05) is 11.9 Å². The number of hydrogen-bond donors (Lipinski definition) is 1. The summed E-state index contributed by atoms with van der Waals surface area (Å²) >= 11 is 0. The molecular formula is C25H36N4. The molecule has 2 aromatic heterocycles. The average molecular weight is 393 g/mol. The Morgan fingerprint density at radius 3 is 2.34 bits per heavy atom. The van der Waals surface area contributed by atoms with Crippen LogP contribution in [-0.2, 0) is 5.41 Å². The SMILES string of the molecule is CCCCCCCCNc1cc(C(C)(C)C)nc2c(-c3ccccc3)c(C)nn12. The van der Waals surface area contributed by atoms with E-state index >= 15 is 0 Å². The van der Waals surface area contributed by atoms with Gasteiger partial charge >= 0.3 is 0 Å². The Hall–Kier alpha value is -2.36. The molecule has 1 aromatic carbocycles. The fourth-order valence-corrected chi connectivity index (χ4v) is 3.70. The molecule has 0 aliphatic heterocycles. The van der Waals surface area contributed by atoms with E-state index < -0.39 is 0 Å². The fraction of sp³-hybridized carbons (Fsp3) is 0.520. The lowest BCUT2D eigenvalue weighted by Gasteiger charge is -2.20. The highest BCUT2D eigenvalue weighted by Crippen LogP contribution is 2.31. The van der Waals surface area contributed by atoms with Gasteiger partial charge in [0.05, 0.1) is 11.4 Å². The van der Waals surface area contributed by atoms with Gasteiger partial charge in [0.25, 0.3) is 0 Å². The molecule has 1 N–H and O–H groups in total. The zero-order valence-corrected chi connectivity index (χ0v) is 18.8. The van der Waals surface area contributed by atoms with Crippen molar-refractivity contribution in [3.63, 3.8) is 0 Å². The summed E-state index contributed by atoms with van der Waals surface area (Å²) in [4.78, 5) is 5.04. The minimum Gasteiger partial charge on any atom is -0.370 e. The number of nitrogens with one attached hydrogen (secondary N) is 1. The lowest BCUT2D eigenvalue weighted by atomic mass is 9.92. The second-order valence-corrected chi connectivity index (χ2v) is 9.03. The normalized spacial score (nSPS) is 11.9. The Morgan fingerprint density at radius 1 is 0.966 bits per heavy atom. The van der Waals surface area contributed by atoms with E-state index in [2.05, 4.69) is 70.3 Å². The number of nitrogens with zero attached hydrogens (tertiary/aromatic N) is 3. The molecule has 0 fully saturated rings. The third kappa shape index (κ3) is 5.17. The summed E-state index contributed by atoms with van der Waals surface area (Å²) in [6, 6.07) is 12.6. The predicted octanol–water partition coefficient (Wildman–Crippen LogP) is 6.77. The number of anilines is 1. The van der Waals surface area contributed by atoms with Crippen molar-refractivity contribution in [3.8, 4) is 11.1 Å². The first-order chi connectivity index (χ1) is 13.9. The maximum absolute atomic E-state index is 5.04. The molecule has 0 saturated carbocycles. The van der Waals surface area contributed by atoms with Crippen LogP contribution >= 0.6 is 0 Å². The van der Waals surface area contributed by atoms with Gasteiger partial charge in [0, 0.05) is 23.6 Å². The zero-order valence-electron chi connectivity index (χ0n) is 18.8. The zero-order chi connectivity index (χ0) is 20.9. The van der Waals surface area contributed by atoms with Crippen LogP contribution in [0.15, 0.2) is 36.4 Å². The number of fused-ring (bicyclic) bond motifs is 1. The van der Waals surface area contributed by atoms with Gasteiger partial charge in [-0.15, -0.1) is 0 Å². The molecule has 4 nitrogen and oxygen atoms in total. The van der Waals surface area contributed by atoms with Gasteiger partial charge in [-0.2, -0.15) is 9.61 Å². The largest absolute Gasteiger partial charge is 0.370 e. The van der Waals surface area contributed by atoms with Crippen LogP contribution in [0, 0.1) is 6.92 Å². The van der Waals surface area contributed by atoms with Crippen LogP contribution in [0.1, 0.15) is 77.6 Å². The van der Waals surface area contributed by atoms with Gasteiger partial charge in [0.15, 0.2) is 5.65 Å². The van der Waals surface area contributed by atoms with E-state index in [1.165, 1.54) is 44.1 Å². The van der Waals surface area contributed by atoms with Gasteiger partial charge in [-0.3, -0.25) is 0 Å². The molecule has 156 valence electrons. The van der Waals surface area contributed by atoms with Crippen molar-refractivity contribution in [1.82, 2.24) is 14.6 Å². The number of aromatic nitrogens is 3. The highest BCUT2D eigenvalue weighted by Gasteiger charge is 2.22. The minimum atomic E-state index is -0.0233. The highest BCUT2D eigenvalue weighted by atomic mass is 15.3. The Morgan fingerprint density at radius 2 is 1.66 bits per heavy atom. The fourth-order valence-electron chi connectivity index (χ4n) is 3.70. The third-order valence-corrected chi connectivity index (χ3v) is 5.43. The van der Waals surface area contributed by atoms with Crippen LogP contribution in [0.25, 0.3) is 16.8 Å². The number of hydrogen-bond acceptors (Lipinski definition) is 3. The predicted molar refractivity (Wildman–Crippen MR) is 124 cm³/mol. The molecular weight excluding hydrogens is 356 g/mol. The first-order valence-electron chi connectivity index (χ1n) is 11.1. The smallest absolute Gasteiger partial charge is 0.165 e. The monoisotopic (exact) mass is 392 g/mol. The maximum Gasteiger partial charge on any atom is 0.165 e. The molecule has 0 spiro atoms. The number of unbranched alkanes of at least 4 members (excludes halogenated alkanes) is 5. The topological polar surface area (TPSA) is 42.2 Å². The second-order valence-electron chi connectivity index (χ2n) is 9.03. The van der Waals surface area contributed by atoms with Crippen LogP contribution in [0.2, 0.25) is 0 Å². The van der Waals surface area contributed by atoms with Gasteiger partial charge in [-0.1, -0.05) is 90.1 Å². The summed E-state index contributed by atoms with van der Waals surface area (Å²) in [5, 5.41) is 8.49. The molecule has 0 aliphatic carbocycles. The van der Waals surface area contributed by atoms with E-state index in [0.717, 1.165) is 35.0 Å². The van der Waals surface area contributed by atoms with Gasteiger partial charge in [-0.05, 0) is 18.9 Å². The van der Waals surface area contributed by atoms with Crippen molar-refractivity contribution in [3.05, 3.63) is 47.8 Å². The molecule has 0 unspecified atom stereocenters. The molecule has 0 amide bonds. The summed E-state index contributed by atoms with van der Waals surface area (Å²) in [6.45, 7) is 12.0. The van der Waals surface area contributed by atoms with Crippen LogP contribution in [0.5, 0.6) is 0 Å². The van der Waals surface area contributed by atoms with Crippen molar-refractivity contribution < 1.29 is 0 Å². The molecule has 0 atom stereocenters. The Bertz CT molecular complexity index is 919. The summed E-state index contributed by atoms with van der Waals surface area (Å²) < 4.78 is 1.99. The molecule has 4 heteroatoms. The summed E-state index contributed by atoms with van der Waals surface area (Å²) in [5.74, 6) is 1.04. The summed E-state index contributed by atoms with van der Waals surface area (Å²) in [7, 11) is 0. The standard InChI is InChI=1S/C25H36N4/c1-6-7-8-9-10-14-17-26-22-18-21(25(3,4)5)27-24-23(19(2)28-29(22)24)20-15-12-11-13-16-20/h11-13,15-16,18,26H,6-10,14,17H2,1-5H3. The first-order valence-corrected chi connectivity index (χ1v) is 11.1. The van der Waals surface area contributed by atoms with E-state index in [1.54, 1.807) is 0 Å². The molecule has 29 heavy (non-hydrogen) atoms. The Kier molecular flexibility index (Phi) is 6.94. The van der Waals surface area contributed by atoms with Crippen molar-refractivity contribution >= 4 is 11.5 Å². The number of benzene rings is 1. The Balaban J connectivity index is 1.90. The second kappa shape index (κ2) is 9.43. The number of rotatable bonds is 9. The molecule has 0 aliphatic rings. The van der Waals surface area contributed by atoms with Crippen LogP contribution in [-0.4, -0.2) is 21.1 Å². The van der Waals surface area contributed by atoms with E-state index in [9.17, 15) is 0 Å². The van der Waals surface area contributed by atoms with E-state index in [1.807, 2.05) is 10.6 Å². The van der Waals surface area contributed by atoms with Gasteiger partial charge in [0.1, 0.15) is 5.82 Å². The molecule has 0 radical (unpaired) electrons. The average Bonchev–Trinajstić information content (AvgIpc) is 3.03. The minimum absolute atomic E-state index is 0.0233. The van der Waals surface area contributed by atoms with Gasteiger partial charge in [0.2, 0.25) is 0 Å². The van der Waals surface area contributed by atoms with E-state index in [4.69, 9.17) is 10.1 Å². The maximum atomic E-state index is 5.04. The lowest BCUT2D eigenvalue weighted by molar-refractivity contribution is 0.568. The Labute approximate surface area is 175 Å². The van der Waals surface area contributed by atoms with Crippen molar-refractivity contribution in [2.45, 2.75) is 78.6 Å². The van der Waals surface area contributed by atoms with E-state index in [-0.39, 0.29) is 5.41 Å². The van der Waals surface area contributed by atoms with Crippen LogP contribution in [0.3, 0.4) is 0 Å². The van der Waals surface area contributed by atoms with Crippen molar-refractivity contribution in [2.24, 2.45) is 0 Å². The molecule has 0 bridgehead atoms. The van der Waals surface area contributed by atoms with Crippen LogP contribution < -0.4 is 5.32 Å². The number of aryl methyl sites for hydroxylation is 1. The van der Waals surface area contributed by atoms with Gasteiger partial charge < -0.3 is 5.32 Å².